The molecule has 0 saturated carbocycles. The zero-order chi connectivity index (χ0) is 21.2. The van der Waals surface area contributed by atoms with E-state index in [4.69, 9.17) is 4.74 Å². The molecule has 3 rings (SSSR count). The lowest BCUT2D eigenvalue weighted by Gasteiger charge is -2.19. The maximum atomic E-state index is 13.2. The zero-order valence-corrected chi connectivity index (χ0v) is 15.5. The molecular formula is C19H17F3N4O3. The first kappa shape index (κ1) is 20.3. The molecule has 2 heterocycles. The predicted octanol–water partition coefficient (Wildman–Crippen LogP) is 3.41. The number of benzene rings is 1. The molecule has 1 amide bonds. The lowest BCUT2D eigenvalue weighted by Crippen LogP contribution is -2.34. The quantitative estimate of drug-likeness (QED) is 0.702. The van der Waals surface area contributed by atoms with E-state index in [0.717, 1.165) is 16.7 Å². The van der Waals surface area contributed by atoms with Gasteiger partial charge in [0.25, 0.3) is 5.88 Å². The topological polar surface area (TPSA) is 86.1 Å². The van der Waals surface area contributed by atoms with Crippen LogP contribution in [0.3, 0.4) is 0 Å². The average Bonchev–Trinajstić information content (AvgIpc) is 2.68. The van der Waals surface area contributed by atoms with Crippen LogP contribution in [0.25, 0.3) is 11.2 Å². The van der Waals surface area contributed by atoms with E-state index in [-0.39, 0.29) is 18.1 Å². The minimum atomic E-state index is -4.64. The van der Waals surface area contributed by atoms with E-state index in [9.17, 15) is 22.8 Å². The van der Waals surface area contributed by atoms with Gasteiger partial charge in [-0.25, -0.2) is 9.97 Å². The molecule has 1 unspecified atom stereocenters. The van der Waals surface area contributed by atoms with Crippen molar-refractivity contribution in [2.45, 2.75) is 26.1 Å². The molecule has 0 bridgehead atoms. The number of hydrogen-bond acceptors (Lipinski definition) is 5. The van der Waals surface area contributed by atoms with Crippen molar-refractivity contribution in [1.82, 2.24) is 14.5 Å². The van der Waals surface area contributed by atoms with E-state index in [0.29, 0.717) is 5.52 Å². The van der Waals surface area contributed by atoms with Gasteiger partial charge in [0.15, 0.2) is 5.65 Å². The highest BCUT2D eigenvalue weighted by molar-refractivity contribution is 5.95. The molecule has 2 aromatic heterocycles. The van der Waals surface area contributed by atoms with Crippen LogP contribution >= 0.6 is 0 Å². The molecule has 1 atom stereocenters. The molecule has 7 nitrogen and oxygen atoms in total. The number of nitrogens with one attached hydrogen (secondary N) is 1. The van der Waals surface area contributed by atoms with Gasteiger partial charge in [0, 0.05) is 6.20 Å². The van der Waals surface area contributed by atoms with Crippen molar-refractivity contribution in [3.8, 4) is 5.88 Å². The molecule has 0 spiro atoms. The van der Waals surface area contributed by atoms with Crippen LogP contribution in [-0.2, 0) is 11.0 Å². The van der Waals surface area contributed by atoms with Gasteiger partial charge >= 0.3 is 11.7 Å². The molecule has 0 radical (unpaired) electrons. The zero-order valence-electron chi connectivity index (χ0n) is 15.5. The molecule has 0 aliphatic rings. The number of amides is 1. The van der Waals surface area contributed by atoms with Crippen molar-refractivity contribution in [1.29, 1.82) is 0 Å². The van der Waals surface area contributed by atoms with Crippen LogP contribution < -0.4 is 15.6 Å². The molecule has 1 aromatic carbocycles. The molecule has 152 valence electrons. The van der Waals surface area contributed by atoms with Gasteiger partial charge in [-0.1, -0.05) is 12.1 Å². The molecule has 0 aliphatic heterocycles. The molecule has 29 heavy (non-hydrogen) atoms. The molecule has 10 heteroatoms. The van der Waals surface area contributed by atoms with Crippen LogP contribution in [0.2, 0.25) is 0 Å². The first-order valence-electron chi connectivity index (χ1n) is 8.71. The van der Waals surface area contributed by atoms with E-state index >= 15 is 0 Å². The van der Waals surface area contributed by atoms with Crippen LogP contribution in [0.15, 0.2) is 47.4 Å². The Morgan fingerprint density at radius 2 is 1.97 bits per heavy atom. The second kappa shape index (κ2) is 7.90. The number of hydrogen-bond donors (Lipinski definition) is 1. The van der Waals surface area contributed by atoms with Gasteiger partial charge in [-0.2, -0.15) is 13.2 Å². The second-order valence-corrected chi connectivity index (χ2v) is 6.08. The van der Waals surface area contributed by atoms with Crippen molar-refractivity contribution < 1.29 is 22.7 Å². The first-order chi connectivity index (χ1) is 13.7. The Bertz CT molecular complexity index is 1110. The van der Waals surface area contributed by atoms with Gasteiger partial charge in [-0.05, 0) is 38.1 Å². The van der Waals surface area contributed by atoms with Crippen LogP contribution in [0, 0.1) is 0 Å². The lowest BCUT2D eigenvalue weighted by molar-refractivity contribution is -0.137. The third-order valence-electron chi connectivity index (χ3n) is 4.16. The van der Waals surface area contributed by atoms with E-state index in [2.05, 4.69) is 15.3 Å². The average molecular weight is 406 g/mol. The van der Waals surface area contributed by atoms with Crippen LogP contribution in [0.1, 0.15) is 25.5 Å². The predicted molar refractivity (Wildman–Crippen MR) is 99.8 cm³/mol. The van der Waals surface area contributed by atoms with Crippen molar-refractivity contribution in [2.24, 2.45) is 0 Å². The largest absolute Gasteiger partial charge is 0.474 e. The van der Waals surface area contributed by atoms with Crippen molar-refractivity contribution in [2.75, 3.05) is 11.9 Å². The Morgan fingerprint density at radius 3 is 2.66 bits per heavy atom. The third-order valence-corrected chi connectivity index (χ3v) is 4.16. The van der Waals surface area contributed by atoms with Gasteiger partial charge in [0.1, 0.15) is 11.6 Å². The number of carbonyl (C=O) groups is 1. The fraction of sp³-hybridized carbons (Fsp3) is 0.263. The summed E-state index contributed by atoms with van der Waals surface area (Å²) < 4.78 is 45.9. The number of alkyl halides is 3. The molecular weight excluding hydrogens is 389 g/mol. The Balaban J connectivity index is 2.04. The Morgan fingerprint density at radius 1 is 1.24 bits per heavy atom. The summed E-state index contributed by atoms with van der Waals surface area (Å²) in [5.74, 6) is -1.03. The summed E-state index contributed by atoms with van der Waals surface area (Å²) in [5, 5.41) is 2.25. The van der Waals surface area contributed by atoms with E-state index < -0.39 is 34.9 Å². The van der Waals surface area contributed by atoms with E-state index in [1.807, 2.05) is 0 Å². The highest BCUT2D eigenvalue weighted by atomic mass is 19.4. The Hall–Kier alpha value is -3.43. The normalized spacial score (nSPS) is 12.6. The number of nitrogens with zero attached hydrogens (tertiary/aromatic N) is 3. The van der Waals surface area contributed by atoms with Crippen molar-refractivity contribution in [3.05, 3.63) is 58.5 Å². The molecule has 0 fully saturated rings. The molecule has 0 aliphatic carbocycles. The number of halogens is 3. The summed E-state index contributed by atoms with van der Waals surface area (Å²) >= 11 is 0. The van der Waals surface area contributed by atoms with Crippen LogP contribution in [0.4, 0.5) is 18.9 Å². The highest BCUT2D eigenvalue weighted by Crippen LogP contribution is 2.34. The van der Waals surface area contributed by atoms with Gasteiger partial charge < -0.3 is 10.1 Å². The van der Waals surface area contributed by atoms with E-state index in [1.54, 1.807) is 19.1 Å². The summed E-state index contributed by atoms with van der Waals surface area (Å²) in [6, 6.07) is 6.62. The van der Waals surface area contributed by atoms with Gasteiger partial charge in [-0.3, -0.25) is 14.2 Å². The van der Waals surface area contributed by atoms with Gasteiger partial charge in [0.05, 0.1) is 17.9 Å². The summed E-state index contributed by atoms with van der Waals surface area (Å²) in [4.78, 5) is 33.7. The number of ether oxygens (including phenoxy) is 1. The number of aromatic nitrogens is 3. The summed E-state index contributed by atoms with van der Waals surface area (Å²) in [5.41, 5.74) is -1.66. The van der Waals surface area contributed by atoms with Gasteiger partial charge in [0.2, 0.25) is 5.91 Å². The maximum Gasteiger partial charge on any atom is 0.418 e. The van der Waals surface area contributed by atoms with Crippen molar-refractivity contribution in [3.63, 3.8) is 0 Å². The number of fused-ring (bicyclic) bond motifs is 1. The Labute approximate surface area is 163 Å². The van der Waals surface area contributed by atoms with Gasteiger partial charge in [-0.15, -0.1) is 0 Å². The highest BCUT2D eigenvalue weighted by Gasteiger charge is 2.34. The molecule has 3 aromatic rings. The summed E-state index contributed by atoms with van der Waals surface area (Å²) in [7, 11) is 0. The lowest BCUT2D eigenvalue weighted by atomic mass is 10.1. The fourth-order valence-corrected chi connectivity index (χ4v) is 2.80. The number of pyridine rings is 1. The maximum absolute atomic E-state index is 13.2. The van der Waals surface area contributed by atoms with Crippen molar-refractivity contribution >= 4 is 22.8 Å². The Kier molecular flexibility index (Phi) is 5.53. The third kappa shape index (κ3) is 4.05. The minimum absolute atomic E-state index is 0.118. The fourth-order valence-electron chi connectivity index (χ4n) is 2.80. The molecule has 0 saturated heterocycles. The smallest absolute Gasteiger partial charge is 0.418 e. The second-order valence-electron chi connectivity index (χ2n) is 6.08. The number of para-hydroxylation sites is 1. The van der Waals surface area contributed by atoms with E-state index in [1.165, 1.54) is 25.3 Å². The number of anilines is 1. The number of rotatable bonds is 5. The standard InChI is InChI=1S/C19H17F3N4O3/c1-3-29-17-18(28)26(15-14(25-17)9-6-10-23-15)11(2)16(27)24-13-8-5-4-7-12(13)19(20,21)22/h4-11H,3H2,1-2H3,(H,24,27). The SMILES string of the molecule is CCOc1nc2cccnc2n(C(C)C(=O)Nc2ccccc2C(F)(F)F)c1=O. The first-order valence-corrected chi connectivity index (χ1v) is 8.71. The monoisotopic (exact) mass is 406 g/mol. The van der Waals surface area contributed by atoms with Crippen LogP contribution in [-0.4, -0.2) is 27.0 Å². The summed E-state index contributed by atoms with van der Waals surface area (Å²) in [6.07, 6.45) is -3.22. The van der Waals surface area contributed by atoms with Crippen LogP contribution in [0.5, 0.6) is 5.88 Å². The number of carbonyl (C=O) groups excluding carboxylic acids is 1. The summed E-state index contributed by atoms with van der Waals surface area (Å²) in [6.45, 7) is 3.23. The minimum Gasteiger partial charge on any atom is -0.474 e. The molecule has 1 N–H and O–H groups in total.